The van der Waals surface area contributed by atoms with Gasteiger partial charge in [-0.3, -0.25) is 5.43 Å². The highest BCUT2D eigenvalue weighted by Gasteiger charge is 2.11. The molecule has 1 rings (SSSR count). The maximum atomic E-state index is 5.74. The average Bonchev–Trinajstić information content (AvgIpc) is 2.52. The van der Waals surface area contributed by atoms with Crippen molar-refractivity contribution < 1.29 is 9.47 Å². The molecule has 0 saturated heterocycles. The standard InChI is InChI=1S/C16H22BrN3O2S/c1-4-7-18-16(23)20-19-11-12-9-13(17)15(22-8-5-2)14(10-12)21-6-3/h4,9-11H,1,5-8H2,2-3H3,(H2,18,20,23)/b19-11-. The number of thiocarbonyl (C=S) groups is 1. The van der Waals surface area contributed by atoms with Crippen LogP contribution in [0.1, 0.15) is 25.8 Å². The molecule has 23 heavy (non-hydrogen) atoms. The van der Waals surface area contributed by atoms with Crippen LogP contribution in [0.2, 0.25) is 0 Å². The summed E-state index contributed by atoms with van der Waals surface area (Å²) in [6.07, 6.45) is 4.32. The van der Waals surface area contributed by atoms with Crippen molar-refractivity contribution in [1.82, 2.24) is 10.7 Å². The maximum absolute atomic E-state index is 5.74. The monoisotopic (exact) mass is 399 g/mol. The zero-order chi connectivity index (χ0) is 17.1. The van der Waals surface area contributed by atoms with E-state index in [9.17, 15) is 0 Å². The number of halogens is 1. The van der Waals surface area contributed by atoms with E-state index in [2.05, 4.69) is 45.3 Å². The largest absolute Gasteiger partial charge is 0.490 e. The summed E-state index contributed by atoms with van der Waals surface area (Å²) in [5, 5.41) is 7.47. The number of hydrazone groups is 1. The number of benzene rings is 1. The third-order valence-corrected chi connectivity index (χ3v) is 3.39. The Bertz CT molecular complexity index is 565. The van der Waals surface area contributed by atoms with E-state index in [4.69, 9.17) is 21.7 Å². The van der Waals surface area contributed by atoms with Gasteiger partial charge in [0.15, 0.2) is 16.6 Å². The van der Waals surface area contributed by atoms with E-state index in [-0.39, 0.29) is 0 Å². The fourth-order valence-electron chi connectivity index (χ4n) is 1.64. The van der Waals surface area contributed by atoms with Gasteiger partial charge in [0.1, 0.15) is 0 Å². The lowest BCUT2D eigenvalue weighted by atomic mass is 10.2. The van der Waals surface area contributed by atoms with Gasteiger partial charge in [-0.15, -0.1) is 6.58 Å². The van der Waals surface area contributed by atoms with Crippen LogP contribution >= 0.6 is 28.1 Å². The first kappa shape index (κ1) is 19.4. The molecule has 0 aromatic heterocycles. The highest BCUT2D eigenvalue weighted by molar-refractivity contribution is 9.10. The van der Waals surface area contributed by atoms with Crippen LogP contribution in [0.3, 0.4) is 0 Å². The molecule has 1 aromatic rings. The molecule has 0 aliphatic rings. The van der Waals surface area contributed by atoms with Crippen molar-refractivity contribution in [1.29, 1.82) is 0 Å². The van der Waals surface area contributed by atoms with Crippen LogP contribution in [0.15, 0.2) is 34.4 Å². The summed E-state index contributed by atoms with van der Waals surface area (Å²) >= 11 is 8.58. The Morgan fingerprint density at radius 3 is 2.83 bits per heavy atom. The Kier molecular flexibility index (Phi) is 9.31. The molecular weight excluding hydrogens is 378 g/mol. The molecule has 0 aliphatic carbocycles. The van der Waals surface area contributed by atoms with E-state index in [1.54, 1.807) is 12.3 Å². The SMILES string of the molecule is C=CCNC(=S)N/N=C\c1cc(Br)c(OCCC)c(OCC)c1. The van der Waals surface area contributed by atoms with Crippen molar-refractivity contribution in [3.63, 3.8) is 0 Å². The van der Waals surface area contributed by atoms with Crippen LogP contribution < -0.4 is 20.2 Å². The molecule has 5 nitrogen and oxygen atoms in total. The molecule has 0 unspecified atom stereocenters. The van der Waals surface area contributed by atoms with Gasteiger partial charge >= 0.3 is 0 Å². The third kappa shape index (κ3) is 7.00. The van der Waals surface area contributed by atoms with Gasteiger partial charge in [0, 0.05) is 6.54 Å². The zero-order valence-corrected chi connectivity index (χ0v) is 15.8. The Morgan fingerprint density at radius 2 is 2.17 bits per heavy atom. The molecule has 126 valence electrons. The minimum atomic E-state index is 0.438. The Hall–Kier alpha value is -1.60. The van der Waals surface area contributed by atoms with Gasteiger partial charge in [0.25, 0.3) is 0 Å². The molecule has 2 N–H and O–H groups in total. The normalized spacial score (nSPS) is 10.4. The van der Waals surface area contributed by atoms with Crippen molar-refractivity contribution in [2.45, 2.75) is 20.3 Å². The number of nitrogens with one attached hydrogen (secondary N) is 2. The van der Waals surface area contributed by atoms with E-state index in [0.29, 0.717) is 36.4 Å². The van der Waals surface area contributed by atoms with Crippen molar-refractivity contribution in [2.75, 3.05) is 19.8 Å². The summed E-state index contributed by atoms with van der Waals surface area (Å²) in [6, 6.07) is 3.80. The minimum Gasteiger partial charge on any atom is -0.490 e. The number of rotatable bonds is 9. The molecular formula is C16H22BrN3O2S. The number of ether oxygens (including phenoxy) is 2. The molecule has 0 amide bonds. The van der Waals surface area contributed by atoms with E-state index in [1.807, 2.05) is 19.1 Å². The van der Waals surface area contributed by atoms with Gasteiger partial charge in [-0.1, -0.05) is 13.0 Å². The molecule has 0 radical (unpaired) electrons. The Balaban J connectivity index is 2.83. The second-order valence-corrected chi connectivity index (χ2v) is 5.74. The minimum absolute atomic E-state index is 0.438. The zero-order valence-electron chi connectivity index (χ0n) is 13.4. The molecule has 0 aliphatic heterocycles. The molecule has 0 atom stereocenters. The maximum Gasteiger partial charge on any atom is 0.187 e. The van der Waals surface area contributed by atoms with Crippen molar-refractivity contribution in [3.8, 4) is 11.5 Å². The summed E-state index contributed by atoms with van der Waals surface area (Å²) in [4.78, 5) is 0. The van der Waals surface area contributed by atoms with E-state index in [1.165, 1.54) is 0 Å². The van der Waals surface area contributed by atoms with Crippen LogP contribution in [0, 0.1) is 0 Å². The first-order chi connectivity index (χ1) is 11.1. The molecule has 1 aromatic carbocycles. The summed E-state index contributed by atoms with van der Waals surface area (Å²) < 4.78 is 12.2. The lowest BCUT2D eigenvalue weighted by Gasteiger charge is -2.14. The fourth-order valence-corrected chi connectivity index (χ4v) is 2.35. The Morgan fingerprint density at radius 1 is 1.39 bits per heavy atom. The first-order valence-electron chi connectivity index (χ1n) is 7.39. The van der Waals surface area contributed by atoms with Gasteiger partial charge in [0.2, 0.25) is 0 Å². The quantitative estimate of drug-likeness (QED) is 0.287. The van der Waals surface area contributed by atoms with E-state index < -0.39 is 0 Å². The molecule has 7 heteroatoms. The average molecular weight is 400 g/mol. The predicted octanol–water partition coefficient (Wildman–Crippen LogP) is 3.62. The molecule has 0 fully saturated rings. The number of hydrogen-bond donors (Lipinski definition) is 2. The molecule has 0 saturated carbocycles. The van der Waals surface area contributed by atoms with E-state index >= 15 is 0 Å². The molecule has 0 heterocycles. The van der Waals surface area contributed by atoms with Crippen molar-refractivity contribution in [3.05, 3.63) is 34.8 Å². The second kappa shape index (κ2) is 11.0. The van der Waals surface area contributed by atoms with Crippen LogP contribution in [0.5, 0.6) is 11.5 Å². The predicted molar refractivity (Wildman–Crippen MR) is 103 cm³/mol. The number of nitrogens with zero attached hydrogens (tertiary/aromatic N) is 1. The third-order valence-electron chi connectivity index (χ3n) is 2.57. The summed E-state index contributed by atoms with van der Waals surface area (Å²) in [6.45, 7) is 9.38. The van der Waals surface area contributed by atoms with Crippen molar-refractivity contribution >= 4 is 39.5 Å². The lowest BCUT2D eigenvalue weighted by Crippen LogP contribution is -2.31. The summed E-state index contributed by atoms with van der Waals surface area (Å²) in [5.41, 5.74) is 3.60. The van der Waals surface area contributed by atoms with E-state index in [0.717, 1.165) is 16.5 Å². The highest BCUT2D eigenvalue weighted by Crippen LogP contribution is 2.36. The van der Waals surface area contributed by atoms with Gasteiger partial charge in [-0.2, -0.15) is 5.10 Å². The number of hydrogen-bond acceptors (Lipinski definition) is 4. The molecule has 0 spiro atoms. The van der Waals surface area contributed by atoms with Gasteiger partial charge in [-0.25, -0.2) is 0 Å². The van der Waals surface area contributed by atoms with Crippen LogP contribution in [0.25, 0.3) is 0 Å². The smallest absolute Gasteiger partial charge is 0.187 e. The topological polar surface area (TPSA) is 54.9 Å². The highest BCUT2D eigenvalue weighted by atomic mass is 79.9. The Labute approximate surface area is 151 Å². The lowest BCUT2D eigenvalue weighted by molar-refractivity contribution is 0.275. The van der Waals surface area contributed by atoms with Gasteiger partial charge in [-0.05, 0) is 59.2 Å². The first-order valence-corrected chi connectivity index (χ1v) is 8.59. The van der Waals surface area contributed by atoms with Crippen LogP contribution in [-0.4, -0.2) is 31.1 Å². The van der Waals surface area contributed by atoms with Crippen LogP contribution in [-0.2, 0) is 0 Å². The molecule has 0 bridgehead atoms. The summed E-state index contributed by atoms with van der Waals surface area (Å²) in [5.74, 6) is 1.39. The van der Waals surface area contributed by atoms with Gasteiger partial charge in [0.05, 0.1) is 23.9 Å². The van der Waals surface area contributed by atoms with Crippen LogP contribution in [0.4, 0.5) is 0 Å². The summed E-state index contributed by atoms with van der Waals surface area (Å²) in [7, 11) is 0. The van der Waals surface area contributed by atoms with Gasteiger partial charge < -0.3 is 14.8 Å². The van der Waals surface area contributed by atoms with Crippen molar-refractivity contribution in [2.24, 2.45) is 5.10 Å². The second-order valence-electron chi connectivity index (χ2n) is 4.48. The fraction of sp³-hybridized carbons (Fsp3) is 0.375.